The molecule has 0 radical (unpaired) electrons. The van der Waals surface area contributed by atoms with Gasteiger partial charge < -0.3 is 9.63 Å². The van der Waals surface area contributed by atoms with Gasteiger partial charge in [0.2, 0.25) is 0 Å². The third kappa shape index (κ3) is 9.58. The Kier molecular flexibility index (Phi) is 7.21. The van der Waals surface area contributed by atoms with Gasteiger partial charge in [-0.1, -0.05) is 13.8 Å². The third-order valence-corrected chi connectivity index (χ3v) is 3.94. The second kappa shape index (κ2) is 7.19. The molecule has 0 spiro atoms. The van der Waals surface area contributed by atoms with Crippen LogP contribution in [0.15, 0.2) is 0 Å². The minimum Gasteiger partial charge on any atom is -0.373 e. The molecule has 116 valence electrons. The van der Waals surface area contributed by atoms with E-state index in [9.17, 15) is 9.46 Å². The maximum absolute atomic E-state index is 11.9. The SMILES string of the molecule is CC[C@@H](COC(C)(C)C)OP(=O)(O)OC(C)(C)CC. The van der Waals surface area contributed by atoms with Crippen LogP contribution >= 0.6 is 7.82 Å². The normalized spacial score (nSPS) is 18.1. The molecule has 1 unspecified atom stereocenters. The van der Waals surface area contributed by atoms with Crippen LogP contribution in [-0.2, 0) is 18.3 Å². The van der Waals surface area contributed by atoms with Crippen molar-refractivity contribution in [1.29, 1.82) is 0 Å². The molecular weight excluding hydrogens is 267 g/mol. The van der Waals surface area contributed by atoms with Crippen LogP contribution < -0.4 is 0 Å². The highest BCUT2D eigenvalue weighted by Gasteiger charge is 2.33. The molecule has 6 heteroatoms. The Morgan fingerprint density at radius 3 is 2.05 bits per heavy atom. The summed E-state index contributed by atoms with van der Waals surface area (Å²) < 4.78 is 27.9. The van der Waals surface area contributed by atoms with Crippen LogP contribution in [0.2, 0.25) is 0 Å². The highest BCUT2D eigenvalue weighted by molar-refractivity contribution is 7.47. The van der Waals surface area contributed by atoms with E-state index >= 15 is 0 Å². The molecule has 0 amide bonds. The minimum atomic E-state index is -4.07. The van der Waals surface area contributed by atoms with E-state index in [4.69, 9.17) is 13.8 Å². The Morgan fingerprint density at radius 2 is 1.68 bits per heavy atom. The number of rotatable bonds is 8. The largest absolute Gasteiger partial charge is 0.473 e. The van der Waals surface area contributed by atoms with Gasteiger partial charge in [0, 0.05) is 0 Å². The topological polar surface area (TPSA) is 65.0 Å². The zero-order chi connectivity index (χ0) is 15.3. The summed E-state index contributed by atoms with van der Waals surface area (Å²) in [5.41, 5.74) is -0.993. The summed E-state index contributed by atoms with van der Waals surface area (Å²) >= 11 is 0. The van der Waals surface area contributed by atoms with E-state index in [1.807, 2.05) is 34.6 Å². The standard InChI is InChI=1S/C13H29O5P/c1-8-11(10-16-12(3,4)5)17-19(14,15)18-13(6,7)9-2/h11H,8-10H2,1-7H3,(H,14,15)/t11-/m0/s1. The third-order valence-electron chi connectivity index (χ3n) is 2.65. The van der Waals surface area contributed by atoms with Crippen molar-refractivity contribution in [3.8, 4) is 0 Å². The van der Waals surface area contributed by atoms with Gasteiger partial charge in [0.15, 0.2) is 0 Å². The molecule has 0 aliphatic carbocycles. The highest BCUT2D eigenvalue weighted by atomic mass is 31.2. The fraction of sp³-hybridized carbons (Fsp3) is 1.00. The van der Waals surface area contributed by atoms with Crippen LogP contribution in [0.3, 0.4) is 0 Å². The summed E-state index contributed by atoms with van der Waals surface area (Å²) in [5, 5.41) is 0. The molecule has 0 fully saturated rings. The Morgan fingerprint density at radius 1 is 1.16 bits per heavy atom. The summed E-state index contributed by atoms with van der Waals surface area (Å²) in [4.78, 5) is 9.77. The van der Waals surface area contributed by atoms with E-state index in [-0.39, 0.29) is 12.2 Å². The highest BCUT2D eigenvalue weighted by Crippen LogP contribution is 2.49. The zero-order valence-corrected chi connectivity index (χ0v) is 14.1. The molecule has 0 rings (SSSR count). The van der Waals surface area contributed by atoms with Crippen LogP contribution in [0.5, 0.6) is 0 Å². The van der Waals surface area contributed by atoms with E-state index in [0.29, 0.717) is 12.8 Å². The Bertz CT molecular complexity index is 309. The summed E-state index contributed by atoms with van der Waals surface area (Å²) in [7, 11) is -4.07. The molecule has 0 saturated heterocycles. The molecule has 0 saturated carbocycles. The Labute approximate surface area is 117 Å². The van der Waals surface area contributed by atoms with Crippen molar-refractivity contribution in [1.82, 2.24) is 0 Å². The van der Waals surface area contributed by atoms with Crippen molar-refractivity contribution in [2.75, 3.05) is 6.61 Å². The fourth-order valence-corrected chi connectivity index (χ4v) is 2.54. The minimum absolute atomic E-state index is 0.264. The van der Waals surface area contributed by atoms with E-state index < -0.39 is 19.5 Å². The molecule has 2 atom stereocenters. The van der Waals surface area contributed by atoms with Gasteiger partial charge in [-0.2, -0.15) is 0 Å². The quantitative estimate of drug-likeness (QED) is 0.688. The van der Waals surface area contributed by atoms with Gasteiger partial charge >= 0.3 is 7.82 Å². The van der Waals surface area contributed by atoms with Gasteiger partial charge in [-0.25, -0.2) is 4.57 Å². The van der Waals surface area contributed by atoms with E-state index in [1.54, 1.807) is 13.8 Å². The summed E-state index contributed by atoms with van der Waals surface area (Å²) in [6.07, 6.45) is 0.745. The average Bonchev–Trinajstić information content (AvgIpc) is 2.21. The Balaban J connectivity index is 4.48. The predicted octanol–water partition coefficient (Wildman–Crippen LogP) is 3.90. The lowest BCUT2D eigenvalue weighted by Crippen LogP contribution is -2.28. The molecule has 0 aromatic carbocycles. The van der Waals surface area contributed by atoms with Crippen molar-refractivity contribution in [2.45, 2.75) is 78.6 Å². The molecule has 1 N–H and O–H groups in total. The van der Waals surface area contributed by atoms with Crippen LogP contribution in [0.1, 0.15) is 61.3 Å². The smallest absolute Gasteiger partial charge is 0.373 e. The summed E-state index contributed by atoms with van der Waals surface area (Å²) in [6, 6.07) is 0. The molecular formula is C13H29O5P. The molecule has 0 heterocycles. The second-order valence-corrected chi connectivity index (χ2v) is 7.56. The van der Waals surface area contributed by atoms with E-state index in [1.165, 1.54) is 0 Å². The van der Waals surface area contributed by atoms with E-state index in [2.05, 4.69) is 0 Å². The van der Waals surface area contributed by atoms with Gasteiger partial charge in [-0.05, 0) is 47.5 Å². The van der Waals surface area contributed by atoms with Crippen LogP contribution in [0, 0.1) is 0 Å². The van der Waals surface area contributed by atoms with Crippen molar-refractivity contribution < 1.29 is 23.2 Å². The molecule has 0 aromatic heterocycles. The van der Waals surface area contributed by atoms with Crippen molar-refractivity contribution in [3.63, 3.8) is 0 Å². The maximum Gasteiger partial charge on any atom is 0.473 e. The number of ether oxygens (including phenoxy) is 1. The van der Waals surface area contributed by atoms with Gasteiger partial charge in [0.25, 0.3) is 0 Å². The molecule has 19 heavy (non-hydrogen) atoms. The summed E-state index contributed by atoms with van der Waals surface area (Å²) in [6.45, 7) is 13.3. The van der Waals surface area contributed by atoms with Crippen molar-refractivity contribution >= 4 is 7.82 Å². The first-order valence-corrected chi connectivity index (χ1v) is 8.26. The van der Waals surface area contributed by atoms with Crippen LogP contribution in [0.25, 0.3) is 0 Å². The number of phosphoric acid groups is 1. The zero-order valence-electron chi connectivity index (χ0n) is 13.2. The predicted molar refractivity (Wildman–Crippen MR) is 76.1 cm³/mol. The molecule has 5 nitrogen and oxygen atoms in total. The van der Waals surface area contributed by atoms with Gasteiger partial charge in [0.1, 0.15) is 0 Å². The van der Waals surface area contributed by atoms with E-state index in [0.717, 1.165) is 0 Å². The van der Waals surface area contributed by atoms with Crippen molar-refractivity contribution in [3.05, 3.63) is 0 Å². The maximum atomic E-state index is 11.9. The van der Waals surface area contributed by atoms with Crippen LogP contribution in [0.4, 0.5) is 0 Å². The summed E-state index contributed by atoms with van der Waals surface area (Å²) in [5.74, 6) is 0. The molecule has 0 aromatic rings. The lowest BCUT2D eigenvalue weighted by Gasteiger charge is -2.29. The average molecular weight is 296 g/mol. The molecule has 0 bridgehead atoms. The Hall–Kier alpha value is 0.0700. The number of hydrogen-bond donors (Lipinski definition) is 1. The molecule has 0 aliphatic heterocycles. The number of phosphoric ester groups is 1. The first kappa shape index (κ1) is 19.1. The van der Waals surface area contributed by atoms with Gasteiger partial charge in [-0.15, -0.1) is 0 Å². The van der Waals surface area contributed by atoms with Gasteiger partial charge in [-0.3, -0.25) is 9.05 Å². The lowest BCUT2D eigenvalue weighted by molar-refractivity contribution is -0.0560. The monoisotopic (exact) mass is 296 g/mol. The second-order valence-electron chi connectivity index (χ2n) is 6.23. The molecule has 0 aliphatic rings. The lowest BCUT2D eigenvalue weighted by atomic mass is 10.1. The first-order chi connectivity index (χ1) is 8.41. The van der Waals surface area contributed by atoms with Crippen LogP contribution in [-0.4, -0.2) is 28.8 Å². The fourth-order valence-electron chi connectivity index (χ4n) is 1.15. The number of hydrogen-bond acceptors (Lipinski definition) is 4. The van der Waals surface area contributed by atoms with Gasteiger partial charge in [0.05, 0.1) is 23.9 Å². The first-order valence-electron chi connectivity index (χ1n) is 6.76. The van der Waals surface area contributed by atoms with Crippen molar-refractivity contribution in [2.24, 2.45) is 0 Å².